The van der Waals surface area contributed by atoms with Gasteiger partial charge in [0.1, 0.15) is 0 Å². The van der Waals surface area contributed by atoms with Gasteiger partial charge in [-0.05, 0) is 42.1 Å². The van der Waals surface area contributed by atoms with Crippen molar-refractivity contribution < 1.29 is 5.11 Å². The first-order valence-corrected chi connectivity index (χ1v) is 8.11. The average Bonchev–Trinajstić information content (AvgIpc) is 2.86. The normalized spacial score (nSPS) is 14.3. The number of aliphatic hydroxyl groups is 1. The van der Waals surface area contributed by atoms with E-state index in [2.05, 4.69) is 34.1 Å². The number of thiophene rings is 1. The molecule has 0 saturated heterocycles. The highest BCUT2D eigenvalue weighted by atomic mass is 79.9. The summed E-state index contributed by atoms with van der Waals surface area (Å²) in [5.41, 5.74) is 0.299. The minimum absolute atomic E-state index is 0.618. The van der Waals surface area contributed by atoms with Crippen molar-refractivity contribution in [3.8, 4) is 0 Å². The summed E-state index contributed by atoms with van der Waals surface area (Å²) in [6.07, 6.45) is 0.618. The first-order chi connectivity index (χ1) is 9.54. The van der Waals surface area contributed by atoms with Crippen LogP contribution in [0.5, 0.6) is 0 Å². The lowest BCUT2D eigenvalue weighted by Crippen LogP contribution is -2.22. The molecule has 0 fully saturated rings. The monoisotopic (exact) mass is 346 g/mol. The van der Waals surface area contributed by atoms with Crippen LogP contribution in [-0.4, -0.2) is 5.11 Å². The maximum Gasteiger partial charge on any atom is 0.1000 e. The Labute approximate surface area is 131 Å². The quantitative estimate of drug-likeness (QED) is 0.698. The van der Waals surface area contributed by atoms with Crippen molar-refractivity contribution in [1.29, 1.82) is 0 Å². The number of halogens is 1. The second-order valence-electron chi connectivity index (χ2n) is 5.23. The highest BCUT2D eigenvalue weighted by Crippen LogP contribution is 2.35. The van der Waals surface area contributed by atoms with Crippen LogP contribution in [0.15, 0.2) is 59.1 Å². The van der Waals surface area contributed by atoms with Crippen molar-refractivity contribution >= 4 is 37.4 Å². The smallest absolute Gasteiger partial charge is 0.1000 e. The maximum absolute atomic E-state index is 10.8. The number of fused-ring (bicyclic) bond motifs is 1. The van der Waals surface area contributed by atoms with Crippen LogP contribution in [0.4, 0.5) is 0 Å². The van der Waals surface area contributed by atoms with Crippen molar-refractivity contribution in [2.75, 3.05) is 0 Å². The third-order valence-corrected chi connectivity index (χ3v) is 5.32. The molecule has 102 valence electrons. The van der Waals surface area contributed by atoms with Crippen LogP contribution in [-0.2, 0) is 12.0 Å². The molecule has 3 rings (SSSR count). The van der Waals surface area contributed by atoms with Crippen LogP contribution in [0.1, 0.15) is 17.4 Å². The molecule has 0 radical (unpaired) electrons. The first kappa shape index (κ1) is 13.8. The molecule has 3 aromatic rings. The molecule has 1 N–H and O–H groups in total. The van der Waals surface area contributed by atoms with Gasteiger partial charge in [0.25, 0.3) is 0 Å². The highest BCUT2D eigenvalue weighted by Gasteiger charge is 2.25. The Balaban J connectivity index is 1.92. The molecular weight excluding hydrogens is 332 g/mol. The van der Waals surface area contributed by atoms with Crippen molar-refractivity contribution in [2.24, 2.45) is 0 Å². The Hall–Kier alpha value is -1.16. The molecule has 1 unspecified atom stereocenters. The molecule has 0 aliphatic rings. The lowest BCUT2D eigenvalue weighted by atomic mass is 9.95. The van der Waals surface area contributed by atoms with E-state index in [-0.39, 0.29) is 0 Å². The fourth-order valence-corrected chi connectivity index (χ4v) is 3.70. The minimum Gasteiger partial charge on any atom is -0.384 e. The second-order valence-corrected chi connectivity index (χ2v) is 7.23. The molecule has 0 aliphatic heterocycles. The van der Waals surface area contributed by atoms with E-state index in [0.29, 0.717) is 6.42 Å². The van der Waals surface area contributed by atoms with Crippen LogP contribution < -0.4 is 0 Å². The van der Waals surface area contributed by atoms with Gasteiger partial charge in [-0.25, -0.2) is 0 Å². The molecule has 0 aliphatic carbocycles. The SMILES string of the molecule is CC(O)(Cc1ccc(Br)cc1)c1cc2ccccc2s1. The zero-order valence-corrected chi connectivity index (χ0v) is 13.5. The molecule has 20 heavy (non-hydrogen) atoms. The van der Waals surface area contributed by atoms with Crippen LogP contribution in [0.3, 0.4) is 0 Å². The van der Waals surface area contributed by atoms with Gasteiger partial charge < -0.3 is 5.11 Å². The van der Waals surface area contributed by atoms with Gasteiger partial charge in [0.15, 0.2) is 0 Å². The molecule has 0 spiro atoms. The average molecular weight is 347 g/mol. The topological polar surface area (TPSA) is 20.2 Å². The largest absolute Gasteiger partial charge is 0.384 e. The van der Waals surface area contributed by atoms with Crippen molar-refractivity contribution in [1.82, 2.24) is 0 Å². The van der Waals surface area contributed by atoms with Gasteiger partial charge in [-0.2, -0.15) is 0 Å². The minimum atomic E-state index is -0.836. The molecule has 2 aromatic carbocycles. The summed E-state index contributed by atoms with van der Waals surface area (Å²) in [6, 6.07) is 18.5. The van der Waals surface area contributed by atoms with Gasteiger partial charge in [-0.1, -0.05) is 46.3 Å². The van der Waals surface area contributed by atoms with E-state index in [1.807, 2.05) is 43.3 Å². The number of rotatable bonds is 3. The lowest BCUT2D eigenvalue weighted by Gasteiger charge is -2.22. The number of benzene rings is 2. The molecule has 0 saturated carbocycles. The Bertz CT molecular complexity index is 695. The highest BCUT2D eigenvalue weighted by molar-refractivity contribution is 9.10. The third-order valence-electron chi connectivity index (χ3n) is 3.42. The van der Waals surface area contributed by atoms with E-state index in [9.17, 15) is 5.11 Å². The van der Waals surface area contributed by atoms with E-state index in [1.165, 1.54) is 10.1 Å². The summed E-state index contributed by atoms with van der Waals surface area (Å²) >= 11 is 5.10. The van der Waals surface area contributed by atoms with Gasteiger partial charge in [0.2, 0.25) is 0 Å². The summed E-state index contributed by atoms with van der Waals surface area (Å²) in [6.45, 7) is 1.89. The molecule has 1 nitrogen and oxygen atoms in total. The molecule has 3 heteroatoms. The zero-order valence-electron chi connectivity index (χ0n) is 11.1. The predicted molar refractivity (Wildman–Crippen MR) is 89.2 cm³/mol. The third kappa shape index (κ3) is 2.80. The van der Waals surface area contributed by atoms with Crippen LogP contribution >= 0.6 is 27.3 Å². The molecule has 1 heterocycles. The number of hydrogen-bond donors (Lipinski definition) is 1. The van der Waals surface area contributed by atoms with Gasteiger partial charge in [0.05, 0.1) is 5.60 Å². The standard InChI is InChI=1S/C17H15BrOS/c1-17(19,11-12-6-8-14(18)9-7-12)16-10-13-4-2-3-5-15(13)20-16/h2-10,19H,11H2,1H3. The molecule has 1 aromatic heterocycles. The summed E-state index contributed by atoms with van der Waals surface area (Å²) < 4.78 is 2.28. The van der Waals surface area contributed by atoms with Crippen molar-refractivity contribution in [3.63, 3.8) is 0 Å². The van der Waals surface area contributed by atoms with E-state index >= 15 is 0 Å². The summed E-state index contributed by atoms with van der Waals surface area (Å²) in [5, 5.41) is 12.0. The fourth-order valence-electron chi connectivity index (χ4n) is 2.33. The first-order valence-electron chi connectivity index (χ1n) is 6.50. The summed E-state index contributed by atoms with van der Waals surface area (Å²) in [5.74, 6) is 0. The van der Waals surface area contributed by atoms with E-state index < -0.39 is 5.60 Å². The summed E-state index contributed by atoms with van der Waals surface area (Å²) in [7, 11) is 0. The maximum atomic E-state index is 10.8. The van der Waals surface area contributed by atoms with Crippen LogP contribution in [0.25, 0.3) is 10.1 Å². The molecule has 0 bridgehead atoms. The van der Waals surface area contributed by atoms with Crippen molar-refractivity contribution in [3.05, 3.63) is 69.5 Å². The van der Waals surface area contributed by atoms with Gasteiger partial charge >= 0.3 is 0 Å². The summed E-state index contributed by atoms with van der Waals surface area (Å²) in [4.78, 5) is 1.02. The molecular formula is C17H15BrOS. The van der Waals surface area contributed by atoms with Crippen LogP contribution in [0.2, 0.25) is 0 Å². The van der Waals surface area contributed by atoms with E-state index in [4.69, 9.17) is 0 Å². The van der Waals surface area contributed by atoms with Crippen LogP contribution in [0, 0.1) is 0 Å². The van der Waals surface area contributed by atoms with E-state index in [0.717, 1.165) is 14.9 Å². The Morgan fingerprint density at radius 2 is 1.80 bits per heavy atom. The predicted octanol–water partition coefficient (Wildman–Crippen LogP) is 5.11. The van der Waals surface area contributed by atoms with E-state index in [1.54, 1.807) is 11.3 Å². The van der Waals surface area contributed by atoms with Gasteiger partial charge in [-0.15, -0.1) is 11.3 Å². The lowest BCUT2D eigenvalue weighted by molar-refractivity contribution is 0.0616. The van der Waals surface area contributed by atoms with Crippen molar-refractivity contribution in [2.45, 2.75) is 18.9 Å². The molecule has 1 atom stereocenters. The van der Waals surface area contributed by atoms with Gasteiger partial charge in [0, 0.05) is 20.5 Å². The Morgan fingerprint density at radius 3 is 2.50 bits per heavy atom. The molecule has 0 amide bonds. The Morgan fingerprint density at radius 1 is 1.10 bits per heavy atom. The fraction of sp³-hybridized carbons (Fsp3) is 0.176. The number of hydrogen-bond acceptors (Lipinski definition) is 2. The Kier molecular flexibility index (Phi) is 3.67. The zero-order chi connectivity index (χ0) is 14.2. The van der Waals surface area contributed by atoms with Gasteiger partial charge in [-0.3, -0.25) is 0 Å². The second kappa shape index (κ2) is 5.32.